The van der Waals surface area contributed by atoms with Gasteiger partial charge in [0, 0.05) is 11.5 Å². The van der Waals surface area contributed by atoms with E-state index in [4.69, 9.17) is 4.74 Å². The van der Waals surface area contributed by atoms with Crippen molar-refractivity contribution in [1.82, 2.24) is 9.97 Å². The average Bonchev–Trinajstić information content (AvgIpc) is 3.29. The summed E-state index contributed by atoms with van der Waals surface area (Å²) < 4.78 is 10.5. The summed E-state index contributed by atoms with van der Waals surface area (Å²) in [6, 6.07) is 16.5. The first-order valence-corrected chi connectivity index (χ1v) is 14.5. The molecule has 140 valence electrons. The zero-order valence-electron chi connectivity index (χ0n) is 14.2. The van der Waals surface area contributed by atoms with Crippen LogP contribution >= 0.6 is 65.8 Å². The molecule has 4 aromatic rings. The summed E-state index contributed by atoms with van der Waals surface area (Å²) in [5.74, 6) is 1.94. The lowest BCUT2D eigenvalue weighted by Gasteiger charge is -2.02. The summed E-state index contributed by atoms with van der Waals surface area (Å²) in [4.78, 5) is 9.25. The molecule has 2 aromatic heterocycles. The van der Waals surface area contributed by atoms with E-state index in [1.54, 1.807) is 65.8 Å². The van der Waals surface area contributed by atoms with Gasteiger partial charge in [-0.05, 0) is 45.9 Å². The number of nitrogens with zero attached hydrogens (tertiary/aromatic N) is 2. The Balaban J connectivity index is 1.06. The van der Waals surface area contributed by atoms with Crippen LogP contribution in [0.3, 0.4) is 0 Å². The number of aromatic nitrogens is 2. The van der Waals surface area contributed by atoms with Crippen molar-refractivity contribution in [2.45, 2.75) is 8.68 Å². The smallest absolute Gasteiger partial charge is 0.161 e. The number of benzene rings is 2. The second-order valence-electron chi connectivity index (χ2n) is 5.32. The minimum absolute atomic E-state index is 0.773. The molecule has 0 radical (unpaired) electrons. The van der Waals surface area contributed by atoms with Crippen molar-refractivity contribution in [1.29, 1.82) is 0 Å². The van der Waals surface area contributed by atoms with Gasteiger partial charge >= 0.3 is 0 Å². The zero-order chi connectivity index (χ0) is 18.3. The van der Waals surface area contributed by atoms with E-state index in [-0.39, 0.29) is 0 Å². The predicted octanol–water partition coefficient (Wildman–Crippen LogP) is 7.10. The van der Waals surface area contributed by atoms with E-state index < -0.39 is 0 Å². The van der Waals surface area contributed by atoms with Crippen LogP contribution in [0.4, 0.5) is 0 Å². The minimum Gasteiger partial charge on any atom is -0.380 e. The van der Waals surface area contributed by atoms with E-state index in [0.29, 0.717) is 0 Å². The maximum atomic E-state index is 5.73. The van der Waals surface area contributed by atoms with Gasteiger partial charge in [0.15, 0.2) is 8.68 Å². The number of rotatable bonds is 10. The van der Waals surface area contributed by atoms with E-state index in [9.17, 15) is 0 Å². The second kappa shape index (κ2) is 10.4. The molecule has 27 heavy (non-hydrogen) atoms. The molecule has 0 saturated heterocycles. The molecule has 3 nitrogen and oxygen atoms in total. The number of ether oxygens (including phenoxy) is 1. The van der Waals surface area contributed by atoms with Crippen LogP contribution in [0, 0.1) is 0 Å². The topological polar surface area (TPSA) is 35.0 Å². The van der Waals surface area contributed by atoms with Crippen LogP contribution < -0.4 is 0 Å². The maximum absolute atomic E-state index is 5.73. The van der Waals surface area contributed by atoms with Crippen LogP contribution in [0.15, 0.2) is 57.2 Å². The average molecular weight is 469 g/mol. The molecule has 2 heterocycles. The first kappa shape index (κ1) is 19.9. The Morgan fingerprint density at radius 3 is 1.67 bits per heavy atom. The summed E-state index contributed by atoms with van der Waals surface area (Å²) in [7, 11) is 7.09. The van der Waals surface area contributed by atoms with Crippen molar-refractivity contribution >= 4 is 86.3 Å². The lowest BCUT2D eigenvalue weighted by molar-refractivity contribution is 0.167. The van der Waals surface area contributed by atoms with E-state index in [0.717, 1.165) is 44.4 Å². The van der Waals surface area contributed by atoms with Gasteiger partial charge in [0.05, 0.1) is 33.6 Å². The Labute approximate surface area is 181 Å². The summed E-state index contributed by atoms with van der Waals surface area (Å²) in [5.41, 5.74) is 2.18. The molecular formula is C18H16N2OS6. The van der Waals surface area contributed by atoms with Crippen molar-refractivity contribution in [2.24, 2.45) is 0 Å². The number of fused-ring (bicyclic) bond motifs is 2. The van der Waals surface area contributed by atoms with E-state index in [1.807, 2.05) is 12.1 Å². The predicted molar refractivity (Wildman–Crippen MR) is 127 cm³/mol. The zero-order valence-corrected chi connectivity index (χ0v) is 19.1. The molecule has 0 aliphatic heterocycles. The molecule has 2 aromatic carbocycles. The highest BCUT2D eigenvalue weighted by Crippen LogP contribution is 2.37. The molecule has 0 fully saturated rings. The van der Waals surface area contributed by atoms with Gasteiger partial charge in [-0.25, -0.2) is 9.97 Å². The van der Waals surface area contributed by atoms with Crippen molar-refractivity contribution < 1.29 is 4.74 Å². The Kier molecular flexibility index (Phi) is 7.64. The lowest BCUT2D eigenvalue weighted by atomic mass is 10.3. The van der Waals surface area contributed by atoms with Gasteiger partial charge in [-0.1, -0.05) is 45.9 Å². The molecule has 0 atom stereocenters. The summed E-state index contributed by atoms with van der Waals surface area (Å²) in [6.07, 6.45) is 0. The standard InChI is InChI=1S/C18H16N2OS6/c1-3-7-15-13(5-1)19-17(24-15)26-22-11-9-21-10-12-23-27-18-20-14-6-2-4-8-16(14)25-18/h1-8H,9-12H2. The molecule has 0 amide bonds. The number of hydrogen-bond donors (Lipinski definition) is 0. The largest absolute Gasteiger partial charge is 0.380 e. The van der Waals surface area contributed by atoms with Crippen molar-refractivity contribution in [2.75, 3.05) is 24.7 Å². The molecule has 0 spiro atoms. The normalized spacial score (nSPS) is 11.6. The number of thiazole rings is 2. The highest BCUT2D eigenvalue weighted by Gasteiger charge is 2.05. The van der Waals surface area contributed by atoms with Gasteiger partial charge in [0.25, 0.3) is 0 Å². The molecule has 9 heteroatoms. The fourth-order valence-electron chi connectivity index (χ4n) is 2.25. The van der Waals surface area contributed by atoms with E-state index in [1.165, 1.54) is 9.40 Å². The highest BCUT2D eigenvalue weighted by molar-refractivity contribution is 8.77. The van der Waals surface area contributed by atoms with Gasteiger partial charge in [0.1, 0.15) is 0 Å². The van der Waals surface area contributed by atoms with E-state index in [2.05, 4.69) is 46.4 Å². The SMILES string of the molecule is c1ccc2sc(SSCCOCCSSc3nc4ccccc4s3)nc2c1. The Hall–Kier alpha value is -0.420. The van der Waals surface area contributed by atoms with Gasteiger partial charge in [-0.15, -0.1) is 22.7 Å². The first-order valence-electron chi connectivity index (χ1n) is 8.26. The highest BCUT2D eigenvalue weighted by atomic mass is 33.1. The summed E-state index contributed by atoms with van der Waals surface area (Å²) in [5, 5.41) is 0. The van der Waals surface area contributed by atoms with Crippen molar-refractivity contribution in [3.63, 3.8) is 0 Å². The molecule has 0 bridgehead atoms. The van der Waals surface area contributed by atoms with E-state index >= 15 is 0 Å². The van der Waals surface area contributed by atoms with Crippen LogP contribution in [0.2, 0.25) is 0 Å². The molecule has 4 rings (SSSR count). The lowest BCUT2D eigenvalue weighted by Crippen LogP contribution is -2.00. The van der Waals surface area contributed by atoms with Crippen LogP contribution in [0.25, 0.3) is 20.4 Å². The van der Waals surface area contributed by atoms with Gasteiger partial charge in [0.2, 0.25) is 0 Å². The minimum atomic E-state index is 0.773. The first-order chi connectivity index (χ1) is 13.4. The number of hydrogen-bond acceptors (Lipinski definition) is 9. The fourth-order valence-corrected chi connectivity index (χ4v) is 8.68. The van der Waals surface area contributed by atoms with Crippen molar-refractivity contribution in [3.05, 3.63) is 48.5 Å². The molecule has 0 unspecified atom stereocenters. The monoisotopic (exact) mass is 468 g/mol. The molecule has 0 aliphatic rings. The van der Waals surface area contributed by atoms with Crippen LogP contribution in [-0.4, -0.2) is 34.7 Å². The Morgan fingerprint density at radius 1 is 0.704 bits per heavy atom. The third-order valence-corrected chi connectivity index (χ3v) is 10.8. The van der Waals surface area contributed by atoms with Crippen LogP contribution in [0.5, 0.6) is 0 Å². The van der Waals surface area contributed by atoms with Gasteiger partial charge in [-0.3, -0.25) is 0 Å². The van der Waals surface area contributed by atoms with Crippen LogP contribution in [0.1, 0.15) is 0 Å². The molecular weight excluding hydrogens is 453 g/mol. The van der Waals surface area contributed by atoms with Gasteiger partial charge < -0.3 is 4.74 Å². The molecule has 0 N–H and O–H groups in total. The maximum Gasteiger partial charge on any atom is 0.161 e. The Morgan fingerprint density at radius 2 is 1.19 bits per heavy atom. The Bertz CT molecular complexity index is 856. The molecule has 0 saturated carbocycles. The van der Waals surface area contributed by atoms with Crippen molar-refractivity contribution in [3.8, 4) is 0 Å². The number of para-hydroxylation sites is 2. The third-order valence-electron chi connectivity index (χ3n) is 3.43. The summed E-state index contributed by atoms with van der Waals surface area (Å²) in [6.45, 7) is 1.55. The fraction of sp³-hybridized carbons (Fsp3) is 0.222. The quantitative estimate of drug-likeness (QED) is 0.181. The van der Waals surface area contributed by atoms with Gasteiger partial charge in [-0.2, -0.15) is 0 Å². The summed E-state index contributed by atoms with van der Waals surface area (Å²) >= 11 is 3.50. The second-order valence-corrected chi connectivity index (χ2v) is 12.7. The molecule has 0 aliphatic carbocycles. The van der Waals surface area contributed by atoms with Crippen LogP contribution in [-0.2, 0) is 4.74 Å². The third kappa shape index (κ3) is 5.79.